The minimum Gasteiger partial charge on any atom is -0.265 e. The molecular weight excluding hydrogens is 239 g/mol. The lowest BCUT2D eigenvalue weighted by Crippen LogP contribution is -2.22. The summed E-state index contributed by atoms with van der Waals surface area (Å²) in [6, 6.07) is 0. The van der Waals surface area contributed by atoms with E-state index in [0.717, 1.165) is 6.33 Å². The van der Waals surface area contributed by atoms with Gasteiger partial charge >= 0.3 is 0 Å². The predicted molar refractivity (Wildman–Crippen MR) is 48.8 cm³/mol. The molecule has 0 fully saturated rings. The minimum atomic E-state index is -3.92. The van der Waals surface area contributed by atoms with Gasteiger partial charge in [-0.2, -0.15) is 8.42 Å². The molecule has 0 bridgehead atoms. The number of hydrogen-bond donors (Lipinski definition) is 2. The van der Waals surface area contributed by atoms with Gasteiger partial charge in [0.05, 0.1) is 0 Å². The van der Waals surface area contributed by atoms with Crippen LogP contribution in [0.15, 0.2) is 6.33 Å². The summed E-state index contributed by atoms with van der Waals surface area (Å²) in [5.74, 6) is 0. The van der Waals surface area contributed by atoms with Gasteiger partial charge in [-0.25, -0.2) is 15.1 Å². The predicted octanol–water partition coefficient (Wildman–Crippen LogP) is 0.399. The van der Waals surface area contributed by atoms with Crippen LogP contribution in [0, 0.1) is 0 Å². The third-order valence-electron chi connectivity index (χ3n) is 0.999. The van der Waals surface area contributed by atoms with Crippen molar-refractivity contribution in [2.24, 2.45) is 5.14 Å². The van der Waals surface area contributed by atoms with E-state index in [-0.39, 0.29) is 16.0 Å². The van der Waals surface area contributed by atoms with E-state index >= 15 is 0 Å². The van der Waals surface area contributed by atoms with Gasteiger partial charge in [0.25, 0.3) is 10.2 Å². The highest BCUT2D eigenvalue weighted by Crippen LogP contribution is 2.25. The molecular formula is C4H4Cl2N4O2S. The summed E-state index contributed by atoms with van der Waals surface area (Å²) in [4.78, 5) is 7.02. The van der Waals surface area contributed by atoms with Gasteiger partial charge in [-0.1, -0.05) is 23.2 Å². The molecule has 0 amide bonds. The topological polar surface area (TPSA) is 98.0 Å². The molecule has 0 aliphatic heterocycles. The molecule has 0 spiro atoms. The lowest BCUT2D eigenvalue weighted by Gasteiger charge is -2.05. The highest BCUT2D eigenvalue weighted by atomic mass is 35.5. The van der Waals surface area contributed by atoms with Crippen LogP contribution in [0.1, 0.15) is 0 Å². The van der Waals surface area contributed by atoms with E-state index in [9.17, 15) is 8.42 Å². The van der Waals surface area contributed by atoms with Crippen LogP contribution in [0.4, 0.5) is 5.69 Å². The molecule has 72 valence electrons. The van der Waals surface area contributed by atoms with Gasteiger partial charge in [0.2, 0.25) is 0 Å². The van der Waals surface area contributed by atoms with Crippen LogP contribution in [-0.4, -0.2) is 18.4 Å². The van der Waals surface area contributed by atoms with Crippen LogP contribution in [0.5, 0.6) is 0 Å². The molecule has 0 aliphatic rings. The SMILES string of the molecule is NS(=O)(=O)Nc1c(Cl)ncnc1Cl. The average Bonchev–Trinajstić information content (AvgIpc) is 1.95. The highest BCUT2D eigenvalue weighted by molar-refractivity contribution is 7.90. The first-order valence-electron chi connectivity index (χ1n) is 2.86. The van der Waals surface area contributed by atoms with Crippen molar-refractivity contribution in [1.82, 2.24) is 9.97 Å². The third-order valence-corrected chi connectivity index (χ3v) is 2.06. The molecule has 1 rings (SSSR count). The second kappa shape index (κ2) is 3.62. The molecule has 0 aromatic carbocycles. The summed E-state index contributed by atoms with van der Waals surface area (Å²) < 4.78 is 23.1. The fourth-order valence-corrected chi connectivity index (χ4v) is 1.57. The van der Waals surface area contributed by atoms with E-state index in [4.69, 9.17) is 28.3 Å². The summed E-state index contributed by atoms with van der Waals surface area (Å²) in [6.45, 7) is 0. The molecule has 0 saturated carbocycles. The van der Waals surface area contributed by atoms with Gasteiger partial charge in [-0.3, -0.25) is 4.72 Å². The van der Waals surface area contributed by atoms with E-state index in [1.165, 1.54) is 0 Å². The van der Waals surface area contributed by atoms with E-state index in [1.54, 1.807) is 0 Å². The number of halogens is 2. The second-order valence-electron chi connectivity index (χ2n) is 1.98. The van der Waals surface area contributed by atoms with Gasteiger partial charge in [-0.15, -0.1) is 0 Å². The van der Waals surface area contributed by atoms with E-state index in [2.05, 4.69) is 9.97 Å². The Bertz CT molecular complexity index is 400. The molecule has 1 aromatic rings. The zero-order valence-electron chi connectivity index (χ0n) is 6.03. The van der Waals surface area contributed by atoms with Crippen LogP contribution < -0.4 is 9.86 Å². The van der Waals surface area contributed by atoms with Crippen LogP contribution in [-0.2, 0) is 10.2 Å². The van der Waals surface area contributed by atoms with Crippen LogP contribution >= 0.6 is 23.2 Å². The lowest BCUT2D eigenvalue weighted by molar-refractivity contribution is 0.603. The van der Waals surface area contributed by atoms with E-state index < -0.39 is 10.2 Å². The normalized spacial score (nSPS) is 11.3. The van der Waals surface area contributed by atoms with E-state index in [1.807, 2.05) is 4.72 Å². The Morgan fingerprint density at radius 3 is 2.15 bits per heavy atom. The highest BCUT2D eigenvalue weighted by Gasteiger charge is 2.12. The Morgan fingerprint density at radius 1 is 1.31 bits per heavy atom. The molecule has 0 saturated heterocycles. The first kappa shape index (κ1) is 10.5. The molecule has 6 nitrogen and oxygen atoms in total. The molecule has 1 heterocycles. The quantitative estimate of drug-likeness (QED) is 0.734. The van der Waals surface area contributed by atoms with Crippen molar-refractivity contribution >= 4 is 39.1 Å². The Kier molecular flexibility index (Phi) is 2.91. The Hall–Kier alpha value is -0.630. The van der Waals surface area contributed by atoms with Crippen molar-refractivity contribution in [3.63, 3.8) is 0 Å². The summed E-state index contributed by atoms with van der Waals surface area (Å²) in [7, 11) is -3.92. The van der Waals surface area contributed by atoms with E-state index in [0.29, 0.717) is 0 Å². The maximum atomic E-state index is 10.6. The van der Waals surface area contributed by atoms with Crippen molar-refractivity contribution in [2.75, 3.05) is 4.72 Å². The van der Waals surface area contributed by atoms with Crippen molar-refractivity contribution in [3.05, 3.63) is 16.6 Å². The van der Waals surface area contributed by atoms with Gasteiger partial charge in [-0.05, 0) is 0 Å². The lowest BCUT2D eigenvalue weighted by atomic mass is 10.6. The molecule has 13 heavy (non-hydrogen) atoms. The van der Waals surface area contributed by atoms with Crippen molar-refractivity contribution in [3.8, 4) is 0 Å². The molecule has 0 radical (unpaired) electrons. The standard InChI is InChI=1S/C4H4Cl2N4O2S/c5-3-2(10-13(7,11)12)4(6)9-1-8-3/h1,10H,(H2,7,11,12). The number of nitrogens with zero attached hydrogens (tertiary/aromatic N) is 2. The molecule has 3 N–H and O–H groups in total. The maximum Gasteiger partial charge on any atom is 0.296 e. The van der Waals surface area contributed by atoms with Gasteiger partial charge in [0, 0.05) is 0 Å². The first-order chi connectivity index (χ1) is 5.90. The van der Waals surface area contributed by atoms with Crippen LogP contribution in [0.3, 0.4) is 0 Å². The number of nitrogens with two attached hydrogens (primary N) is 1. The van der Waals surface area contributed by atoms with Crippen molar-refractivity contribution < 1.29 is 8.42 Å². The summed E-state index contributed by atoms with van der Waals surface area (Å²) in [6.07, 6.45) is 1.10. The Morgan fingerprint density at radius 2 is 1.77 bits per heavy atom. The maximum absolute atomic E-state index is 10.6. The third kappa shape index (κ3) is 2.96. The Labute approximate surface area is 84.3 Å². The van der Waals surface area contributed by atoms with Crippen molar-refractivity contribution in [2.45, 2.75) is 0 Å². The minimum absolute atomic E-state index is 0.117. The molecule has 0 atom stereocenters. The monoisotopic (exact) mass is 242 g/mol. The molecule has 1 aromatic heterocycles. The number of aromatic nitrogens is 2. The van der Waals surface area contributed by atoms with Crippen LogP contribution in [0.2, 0.25) is 10.3 Å². The largest absolute Gasteiger partial charge is 0.296 e. The smallest absolute Gasteiger partial charge is 0.265 e. The zero-order valence-corrected chi connectivity index (χ0v) is 8.36. The molecule has 0 unspecified atom stereocenters. The Balaban J connectivity index is 3.15. The fourth-order valence-electron chi connectivity index (χ4n) is 0.571. The van der Waals surface area contributed by atoms with Gasteiger partial charge in [0.15, 0.2) is 10.3 Å². The number of nitrogens with one attached hydrogen (secondary N) is 1. The summed E-state index contributed by atoms with van der Waals surface area (Å²) in [5, 5.41) is 4.46. The van der Waals surface area contributed by atoms with Crippen LogP contribution in [0.25, 0.3) is 0 Å². The van der Waals surface area contributed by atoms with Crippen molar-refractivity contribution in [1.29, 1.82) is 0 Å². The number of hydrogen-bond acceptors (Lipinski definition) is 4. The zero-order chi connectivity index (χ0) is 10.1. The number of anilines is 1. The average molecular weight is 243 g/mol. The summed E-state index contributed by atoms with van der Waals surface area (Å²) in [5.41, 5.74) is -0.131. The van der Waals surface area contributed by atoms with Gasteiger partial charge in [0.1, 0.15) is 12.0 Å². The second-order valence-corrected chi connectivity index (χ2v) is 3.99. The molecule has 0 aliphatic carbocycles. The molecule has 9 heteroatoms. The fraction of sp³-hybridized carbons (Fsp3) is 0. The van der Waals surface area contributed by atoms with Gasteiger partial charge < -0.3 is 0 Å². The first-order valence-corrected chi connectivity index (χ1v) is 5.17. The summed E-state index contributed by atoms with van der Waals surface area (Å²) >= 11 is 11.0. The number of rotatable bonds is 2.